The van der Waals surface area contributed by atoms with Gasteiger partial charge in [-0.15, -0.1) is 0 Å². The molecule has 0 spiro atoms. The predicted octanol–water partition coefficient (Wildman–Crippen LogP) is 1.29. The quantitative estimate of drug-likeness (QED) is 0.517. The van der Waals surface area contributed by atoms with Gasteiger partial charge >= 0.3 is 0 Å². The van der Waals surface area contributed by atoms with Gasteiger partial charge in [0.05, 0.1) is 13.2 Å². The molecule has 0 saturated heterocycles. The Morgan fingerprint density at radius 3 is 3.25 bits per heavy atom. The fourth-order valence-electron chi connectivity index (χ4n) is 1.15. The molecular formula is C9H17NOS. The molecule has 0 aromatic rings. The summed E-state index contributed by atoms with van der Waals surface area (Å²) in [6, 6.07) is 0. The molecule has 0 aromatic heterocycles. The Balaban J connectivity index is 2.01. The number of hydrogen-bond donors (Lipinski definition) is 1. The third-order valence-corrected chi connectivity index (χ3v) is 2.43. The molecule has 1 heterocycles. The summed E-state index contributed by atoms with van der Waals surface area (Å²) in [6.45, 7) is 3.82. The lowest BCUT2D eigenvalue weighted by Crippen LogP contribution is -2.23. The maximum atomic E-state index is 5.33. The Kier molecular flexibility index (Phi) is 5.48. The van der Waals surface area contributed by atoms with Crippen LogP contribution in [0.4, 0.5) is 0 Å². The maximum Gasteiger partial charge on any atom is 0.0689 e. The van der Waals surface area contributed by atoms with E-state index in [-0.39, 0.29) is 0 Å². The van der Waals surface area contributed by atoms with Crippen molar-refractivity contribution < 1.29 is 4.74 Å². The highest BCUT2D eigenvalue weighted by Gasteiger charge is 2.01. The molecule has 0 bridgehead atoms. The fraction of sp³-hybridized carbons (Fsp3) is 0.778. The zero-order valence-corrected chi connectivity index (χ0v) is 8.45. The second-order valence-electron chi connectivity index (χ2n) is 2.87. The van der Waals surface area contributed by atoms with Gasteiger partial charge in [-0.1, -0.05) is 6.08 Å². The molecule has 0 unspecified atom stereocenters. The van der Waals surface area contributed by atoms with E-state index in [1.54, 1.807) is 0 Å². The number of rotatable bonds is 5. The first-order valence-corrected chi connectivity index (χ1v) is 5.78. The van der Waals surface area contributed by atoms with Crippen molar-refractivity contribution in [3.05, 3.63) is 11.6 Å². The van der Waals surface area contributed by atoms with Gasteiger partial charge in [0, 0.05) is 18.8 Å². The predicted molar refractivity (Wildman–Crippen MR) is 54.8 cm³/mol. The molecule has 0 aromatic carbocycles. The minimum absolute atomic E-state index is 0.826. The van der Waals surface area contributed by atoms with Crippen LogP contribution in [-0.2, 0) is 4.74 Å². The highest BCUT2D eigenvalue weighted by Crippen LogP contribution is 2.03. The Labute approximate surface area is 78.7 Å². The van der Waals surface area contributed by atoms with E-state index in [0.717, 1.165) is 32.7 Å². The lowest BCUT2D eigenvalue weighted by Gasteiger charge is -2.13. The van der Waals surface area contributed by atoms with Crippen LogP contribution >= 0.6 is 11.8 Å². The van der Waals surface area contributed by atoms with Crippen LogP contribution in [0.1, 0.15) is 6.42 Å². The van der Waals surface area contributed by atoms with Crippen molar-refractivity contribution in [2.75, 3.05) is 38.3 Å². The first-order chi connectivity index (χ1) is 5.93. The molecule has 12 heavy (non-hydrogen) atoms. The zero-order valence-electron chi connectivity index (χ0n) is 7.64. The van der Waals surface area contributed by atoms with Gasteiger partial charge in [0.2, 0.25) is 0 Å². The van der Waals surface area contributed by atoms with Crippen LogP contribution < -0.4 is 5.32 Å². The monoisotopic (exact) mass is 187 g/mol. The second kappa shape index (κ2) is 6.52. The van der Waals surface area contributed by atoms with Gasteiger partial charge in [0.1, 0.15) is 0 Å². The third-order valence-electron chi connectivity index (χ3n) is 1.82. The summed E-state index contributed by atoms with van der Waals surface area (Å²) >= 11 is 1.88. The maximum absolute atomic E-state index is 5.33. The second-order valence-corrected chi connectivity index (χ2v) is 3.86. The van der Waals surface area contributed by atoms with Crippen molar-refractivity contribution in [1.82, 2.24) is 5.32 Å². The third kappa shape index (κ3) is 4.14. The molecule has 0 radical (unpaired) electrons. The highest BCUT2D eigenvalue weighted by atomic mass is 32.2. The van der Waals surface area contributed by atoms with Gasteiger partial charge in [-0.2, -0.15) is 11.8 Å². The first-order valence-electron chi connectivity index (χ1n) is 4.39. The summed E-state index contributed by atoms with van der Waals surface area (Å²) < 4.78 is 5.33. The molecule has 70 valence electrons. The van der Waals surface area contributed by atoms with Crippen LogP contribution in [0.2, 0.25) is 0 Å². The lowest BCUT2D eigenvalue weighted by atomic mass is 10.2. The van der Waals surface area contributed by atoms with Crippen LogP contribution in [0, 0.1) is 0 Å². The van der Waals surface area contributed by atoms with Gasteiger partial charge in [0.15, 0.2) is 0 Å². The molecule has 0 amide bonds. The zero-order chi connectivity index (χ0) is 8.65. The van der Waals surface area contributed by atoms with Crippen LogP contribution in [0.3, 0.4) is 0 Å². The van der Waals surface area contributed by atoms with Crippen LogP contribution in [0.25, 0.3) is 0 Å². The Morgan fingerprint density at radius 2 is 2.58 bits per heavy atom. The summed E-state index contributed by atoms with van der Waals surface area (Å²) in [5.41, 5.74) is 1.40. The van der Waals surface area contributed by atoms with Crippen molar-refractivity contribution in [2.24, 2.45) is 0 Å². The number of hydrogen-bond acceptors (Lipinski definition) is 3. The van der Waals surface area contributed by atoms with Crippen LogP contribution in [-0.4, -0.2) is 38.3 Å². The molecule has 1 N–H and O–H groups in total. The van der Waals surface area contributed by atoms with Gasteiger partial charge in [-0.25, -0.2) is 0 Å². The van der Waals surface area contributed by atoms with Crippen molar-refractivity contribution in [3.63, 3.8) is 0 Å². The van der Waals surface area contributed by atoms with E-state index in [1.165, 1.54) is 11.3 Å². The number of nitrogens with one attached hydrogen (secondary N) is 1. The Morgan fingerprint density at radius 1 is 1.67 bits per heavy atom. The van der Waals surface area contributed by atoms with Gasteiger partial charge < -0.3 is 10.1 Å². The summed E-state index contributed by atoms with van der Waals surface area (Å²) in [6.07, 6.45) is 5.50. The van der Waals surface area contributed by atoms with E-state index in [0.29, 0.717) is 0 Å². The Hall–Kier alpha value is 0.01000. The molecule has 0 fully saturated rings. The summed E-state index contributed by atoms with van der Waals surface area (Å²) in [4.78, 5) is 0. The molecule has 0 aliphatic carbocycles. The smallest absolute Gasteiger partial charge is 0.0689 e. The van der Waals surface area contributed by atoms with Gasteiger partial charge in [0.25, 0.3) is 0 Å². The summed E-state index contributed by atoms with van der Waals surface area (Å²) in [5, 5.41) is 3.39. The average molecular weight is 187 g/mol. The van der Waals surface area contributed by atoms with E-state index < -0.39 is 0 Å². The largest absolute Gasteiger partial charge is 0.377 e. The van der Waals surface area contributed by atoms with Crippen molar-refractivity contribution in [2.45, 2.75) is 6.42 Å². The molecular weight excluding hydrogens is 170 g/mol. The van der Waals surface area contributed by atoms with Crippen molar-refractivity contribution in [1.29, 1.82) is 0 Å². The van der Waals surface area contributed by atoms with Gasteiger partial charge in [-0.05, 0) is 18.2 Å². The molecule has 0 saturated carbocycles. The van der Waals surface area contributed by atoms with Crippen LogP contribution in [0.5, 0.6) is 0 Å². The number of ether oxygens (including phenoxy) is 1. The lowest BCUT2D eigenvalue weighted by molar-refractivity contribution is 0.149. The van der Waals surface area contributed by atoms with E-state index in [2.05, 4.69) is 17.6 Å². The van der Waals surface area contributed by atoms with E-state index >= 15 is 0 Å². The topological polar surface area (TPSA) is 21.3 Å². The average Bonchev–Trinajstić information content (AvgIpc) is 2.14. The molecule has 1 aliphatic rings. The molecule has 3 heteroatoms. The van der Waals surface area contributed by atoms with Crippen LogP contribution in [0.15, 0.2) is 11.6 Å². The molecule has 2 nitrogen and oxygen atoms in total. The van der Waals surface area contributed by atoms with E-state index in [9.17, 15) is 0 Å². The van der Waals surface area contributed by atoms with Crippen molar-refractivity contribution in [3.8, 4) is 0 Å². The Bertz CT molecular complexity index is 147. The summed E-state index contributed by atoms with van der Waals surface area (Å²) in [5.74, 6) is 1.19. The minimum Gasteiger partial charge on any atom is -0.377 e. The van der Waals surface area contributed by atoms with Gasteiger partial charge in [-0.3, -0.25) is 0 Å². The molecule has 0 atom stereocenters. The molecule has 1 aliphatic heterocycles. The fourth-order valence-corrected chi connectivity index (χ4v) is 1.50. The number of thioether (sulfide) groups is 1. The minimum atomic E-state index is 0.826. The first kappa shape index (κ1) is 10.1. The standard InChI is InChI=1S/C9H17NOS/c1-12-6-4-10-7-9-3-2-5-11-8-9/h3,10H,2,4-8H2,1H3. The van der Waals surface area contributed by atoms with Crippen molar-refractivity contribution >= 4 is 11.8 Å². The van der Waals surface area contributed by atoms with E-state index in [1.807, 2.05) is 11.8 Å². The highest BCUT2D eigenvalue weighted by molar-refractivity contribution is 7.98. The van der Waals surface area contributed by atoms with E-state index in [4.69, 9.17) is 4.74 Å². The normalized spacial score (nSPS) is 17.6. The SMILES string of the molecule is CSCCNCC1=CCCOC1. The summed E-state index contributed by atoms with van der Waals surface area (Å²) in [7, 11) is 0. The molecule has 1 rings (SSSR count).